The van der Waals surface area contributed by atoms with Crippen molar-refractivity contribution in [2.24, 2.45) is 0 Å². The highest BCUT2D eigenvalue weighted by atomic mass is 19.1. The van der Waals surface area contributed by atoms with Gasteiger partial charge in [-0.05, 0) is 24.3 Å². The van der Waals surface area contributed by atoms with Crippen LogP contribution in [0, 0.1) is 11.6 Å². The Balaban J connectivity index is 1.22. The Bertz CT molecular complexity index is 794. The number of rotatable bonds is 4. The number of carbonyl (C=O) groups excluding carboxylic acids is 1. The maximum atomic E-state index is 13.8. The predicted octanol–water partition coefficient (Wildman–Crippen LogP) is 4.47. The highest BCUT2D eigenvalue weighted by Crippen LogP contribution is 2.24. The second-order valence-corrected chi connectivity index (χ2v) is 7.75. The molecule has 2 heterocycles. The third-order valence-corrected chi connectivity index (χ3v) is 5.69. The number of para-hydroxylation sites is 2. The van der Waals surface area contributed by atoms with E-state index in [9.17, 15) is 13.6 Å². The molecule has 30 heavy (non-hydrogen) atoms. The molecule has 2 aliphatic rings. The first-order valence-corrected chi connectivity index (χ1v) is 10.5. The zero-order valence-electron chi connectivity index (χ0n) is 16.8. The molecule has 160 valence electrons. The normalized spacial score (nSPS) is 18.3. The van der Waals surface area contributed by atoms with E-state index in [0.717, 1.165) is 0 Å². The van der Waals surface area contributed by atoms with Gasteiger partial charge < -0.3 is 19.3 Å². The number of hydrogen-bond acceptors (Lipinski definition) is 3. The second-order valence-electron chi connectivity index (χ2n) is 7.75. The van der Waals surface area contributed by atoms with E-state index >= 15 is 0 Å². The SMILES string of the molecule is O=C(N1CCC(Oc2ccccc2F)CC1)N1CCC(Oc2ccccc2F)CC1. The molecule has 0 aliphatic carbocycles. The molecule has 0 saturated carbocycles. The minimum absolute atomic E-state index is 0.0173. The van der Waals surface area contributed by atoms with E-state index in [-0.39, 0.29) is 41.4 Å². The van der Waals surface area contributed by atoms with Crippen molar-refractivity contribution in [3.05, 3.63) is 60.2 Å². The van der Waals surface area contributed by atoms with E-state index in [1.807, 2.05) is 9.80 Å². The first kappa shape index (κ1) is 20.4. The third-order valence-electron chi connectivity index (χ3n) is 5.69. The van der Waals surface area contributed by atoms with Gasteiger partial charge in [-0.2, -0.15) is 0 Å². The van der Waals surface area contributed by atoms with Crippen molar-refractivity contribution in [3.8, 4) is 11.5 Å². The van der Waals surface area contributed by atoms with Gasteiger partial charge in [0.05, 0.1) is 0 Å². The Morgan fingerprint density at radius 3 is 1.43 bits per heavy atom. The zero-order chi connectivity index (χ0) is 20.9. The number of likely N-dealkylation sites (tertiary alicyclic amines) is 2. The molecule has 0 bridgehead atoms. The minimum Gasteiger partial charge on any atom is -0.487 e. The number of urea groups is 1. The van der Waals surface area contributed by atoms with E-state index in [2.05, 4.69) is 0 Å². The van der Waals surface area contributed by atoms with Crippen LogP contribution < -0.4 is 9.47 Å². The lowest BCUT2D eigenvalue weighted by atomic mass is 10.1. The first-order chi connectivity index (χ1) is 14.6. The van der Waals surface area contributed by atoms with Crippen LogP contribution in [0.1, 0.15) is 25.7 Å². The highest BCUT2D eigenvalue weighted by Gasteiger charge is 2.30. The van der Waals surface area contributed by atoms with Gasteiger partial charge in [0.2, 0.25) is 0 Å². The van der Waals surface area contributed by atoms with Gasteiger partial charge in [-0.15, -0.1) is 0 Å². The maximum Gasteiger partial charge on any atom is 0.320 e. The van der Waals surface area contributed by atoms with Crippen molar-refractivity contribution < 1.29 is 23.0 Å². The molecule has 2 aliphatic heterocycles. The van der Waals surface area contributed by atoms with Crippen molar-refractivity contribution in [2.45, 2.75) is 37.9 Å². The summed E-state index contributed by atoms with van der Waals surface area (Å²) < 4.78 is 39.0. The Morgan fingerprint density at radius 2 is 1.07 bits per heavy atom. The Labute approximate surface area is 175 Å². The number of hydrogen-bond donors (Lipinski definition) is 0. The van der Waals surface area contributed by atoms with Crippen LogP contribution >= 0.6 is 0 Å². The molecule has 5 nitrogen and oxygen atoms in total. The molecule has 2 amide bonds. The molecule has 0 atom stereocenters. The average molecular weight is 416 g/mol. The summed E-state index contributed by atoms with van der Waals surface area (Å²) in [6, 6.07) is 12.8. The molecule has 7 heteroatoms. The Kier molecular flexibility index (Phi) is 6.35. The number of ether oxygens (including phenoxy) is 2. The number of nitrogens with zero attached hydrogens (tertiary/aromatic N) is 2. The van der Waals surface area contributed by atoms with E-state index in [1.54, 1.807) is 36.4 Å². The van der Waals surface area contributed by atoms with Crippen molar-refractivity contribution in [1.82, 2.24) is 9.80 Å². The van der Waals surface area contributed by atoms with E-state index in [0.29, 0.717) is 51.9 Å². The van der Waals surface area contributed by atoms with Crippen LogP contribution in [0.15, 0.2) is 48.5 Å². The van der Waals surface area contributed by atoms with Crippen molar-refractivity contribution in [1.29, 1.82) is 0 Å². The van der Waals surface area contributed by atoms with Gasteiger partial charge in [-0.1, -0.05) is 24.3 Å². The van der Waals surface area contributed by atoms with Crippen LogP contribution in [-0.2, 0) is 0 Å². The standard InChI is InChI=1S/C23H26F2N2O3/c24-19-5-1-3-7-21(19)29-17-9-13-26(14-10-17)23(28)27-15-11-18(12-16-27)30-22-8-4-2-6-20(22)25/h1-8,17-18H,9-16H2. The van der Waals surface area contributed by atoms with Gasteiger partial charge >= 0.3 is 6.03 Å². The van der Waals surface area contributed by atoms with Gasteiger partial charge in [-0.3, -0.25) is 0 Å². The van der Waals surface area contributed by atoms with Crippen molar-refractivity contribution in [2.75, 3.05) is 26.2 Å². The third kappa shape index (κ3) is 4.83. The van der Waals surface area contributed by atoms with Crippen molar-refractivity contribution in [3.63, 3.8) is 0 Å². The molecule has 2 aromatic carbocycles. The lowest BCUT2D eigenvalue weighted by Crippen LogP contribution is -2.51. The minimum atomic E-state index is -0.364. The summed E-state index contributed by atoms with van der Waals surface area (Å²) in [5, 5.41) is 0. The van der Waals surface area contributed by atoms with Crippen molar-refractivity contribution >= 4 is 6.03 Å². The van der Waals surface area contributed by atoms with E-state index in [1.165, 1.54) is 12.1 Å². The summed E-state index contributed by atoms with van der Waals surface area (Å²) >= 11 is 0. The van der Waals surface area contributed by atoms with E-state index in [4.69, 9.17) is 9.47 Å². The summed E-state index contributed by atoms with van der Waals surface area (Å²) in [7, 11) is 0. The fourth-order valence-corrected chi connectivity index (χ4v) is 3.97. The van der Waals surface area contributed by atoms with Crippen LogP contribution in [0.5, 0.6) is 11.5 Å². The van der Waals surface area contributed by atoms with Crippen LogP contribution in [-0.4, -0.2) is 54.2 Å². The fraction of sp³-hybridized carbons (Fsp3) is 0.435. The molecular weight excluding hydrogens is 390 g/mol. The van der Waals surface area contributed by atoms with Gasteiger partial charge in [-0.25, -0.2) is 13.6 Å². The molecule has 0 spiro atoms. The number of benzene rings is 2. The average Bonchev–Trinajstić information content (AvgIpc) is 2.77. The second kappa shape index (κ2) is 9.32. The monoisotopic (exact) mass is 416 g/mol. The summed E-state index contributed by atoms with van der Waals surface area (Å²) in [6.45, 7) is 2.35. The molecule has 0 N–H and O–H groups in total. The molecule has 0 unspecified atom stereocenters. The molecule has 4 rings (SSSR count). The smallest absolute Gasteiger partial charge is 0.320 e. The molecule has 2 fully saturated rings. The summed E-state index contributed by atoms with van der Waals surface area (Å²) in [5.41, 5.74) is 0. The lowest BCUT2D eigenvalue weighted by molar-refractivity contribution is 0.0716. The predicted molar refractivity (Wildman–Crippen MR) is 109 cm³/mol. The number of amides is 2. The van der Waals surface area contributed by atoms with Crippen LogP contribution in [0.3, 0.4) is 0 Å². The van der Waals surface area contributed by atoms with Crippen LogP contribution in [0.4, 0.5) is 13.6 Å². The summed E-state index contributed by atoms with van der Waals surface area (Å²) in [5.74, 6) is -0.202. The molecule has 0 aromatic heterocycles. The number of halogens is 2. The topological polar surface area (TPSA) is 42.0 Å². The molecule has 2 saturated heterocycles. The van der Waals surface area contributed by atoms with Crippen LogP contribution in [0.2, 0.25) is 0 Å². The number of piperidine rings is 2. The summed E-state index contributed by atoms with van der Waals surface area (Å²) in [4.78, 5) is 16.5. The molecular formula is C23H26F2N2O3. The van der Waals surface area contributed by atoms with Crippen LogP contribution in [0.25, 0.3) is 0 Å². The largest absolute Gasteiger partial charge is 0.487 e. The lowest BCUT2D eigenvalue weighted by Gasteiger charge is -2.38. The zero-order valence-corrected chi connectivity index (χ0v) is 16.8. The van der Waals surface area contributed by atoms with E-state index < -0.39 is 0 Å². The molecule has 0 radical (unpaired) electrons. The van der Waals surface area contributed by atoms with Gasteiger partial charge in [0, 0.05) is 51.9 Å². The maximum absolute atomic E-state index is 13.8. The fourth-order valence-electron chi connectivity index (χ4n) is 3.97. The van der Waals surface area contributed by atoms with Gasteiger partial charge in [0.15, 0.2) is 23.1 Å². The molecule has 2 aromatic rings. The van der Waals surface area contributed by atoms with Gasteiger partial charge in [0.25, 0.3) is 0 Å². The van der Waals surface area contributed by atoms with Gasteiger partial charge in [0.1, 0.15) is 12.2 Å². The Hall–Kier alpha value is -2.83. The highest BCUT2D eigenvalue weighted by molar-refractivity contribution is 5.74. The number of carbonyl (C=O) groups is 1. The quantitative estimate of drug-likeness (QED) is 0.739. The summed E-state index contributed by atoms with van der Waals surface area (Å²) in [6.07, 6.45) is 2.51. The Morgan fingerprint density at radius 1 is 0.700 bits per heavy atom. The first-order valence-electron chi connectivity index (χ1n) is 10.5.